The van der Waals surface area contributed by atoms with Crippen LogP contribution in [0.15, 0.2) is 45.6 Å². The van der Waals surface area contributed by atoms with Crippen LogP contribution in [-0.4, -0.2) is 42.9 Å². The van der Waals surface area contributed by atoms with Crippen molar-refractivity contribution < 1.29 is 9.21 Å². The Morgan fingerprint density at radius 3 is 2.22 bits per heavy atom. The van der Waals surface area contributed by atoms with Crippen LogP contribution in [0, 0.1) is 13.8 Å². The zero-order valence-electron chi connectivity index (χ0n) is 20.1. The van der Waals surface area contributed by atoms with Crippen LogP contribution in [0.25, 0.3) is 11.0 Å². The van der Waals surface area contributed by atoms with Gasteiger partial charge in [-0.3, -0.25) is 9.59 Å². The number of likely N-dealkylation sites (N-methyl/N-ethyl adjacent to an activating group) is 1. The molecule has 0 fully saturated rings. The number of hydrogen-bond donors (Lipinski definition) is 0. The van der Waals surface area contributed by atoms with Crippen LogP contribution < -0.4 is 5.43 Å². The maximum absolute atomic E-state index is 13.7. The van der Waals surface area contributed by atoms with E-state index in [9.17, 15) is 9.59 Å². The maximum atomic E-state index is 13.7. The molecule has 0 saturated heterocycles. The Kier molecular flexibility index (Phi) is 5.49. The molecule has 1 aromatic heterocycles. The molecule has 1 unspecified atom stereocenters. The molecule has 1 atom stereocenters. The third-order valence-electron chi connectivity index (χ3n) is 6.46. The van der Waals surface area contributed by atoms with Gasteiger partial charge < -0.3 is 14.2 Å². The van der Waals surface area contributed by atoms with Crippen LogP contribution >= 0.6 is 0 Å². The molecule has 5 heteroatoms. The molecule has 0 bridgehead atoms. The fraction of sp³-hybridized carbons (Fsp3) is 0.407. The smallest absolute Gasteiger partial charge is 0.290 e. The third kappa shape index (κ3) is 3.75. The van der Waals surface area contributed by atoms with Gasteiger partial charge in [0.2, 0.25) is 5.76 Å². The van der Waals surface area contributed by atoms with Crippen LogP contribution in [0.2, 0.25) is 0 Å². The predicted molar refractivity (Wildman–Crippen MR) is 129 cm³/mol. The molecule has 3 aromatic rings. The second-order valence-electron chi connectivity index (χ2n) is 10.2. The van der Waals surface area contributed by atoms with Crippen LogP contribution in [0.3, 0.4) is 0 Å². The first-order valence-corrected chi connectivity index (χ1v) is 11.1. The third-order valence-corrected chi connectivity index (χ3v) is 6.46. The molecule has 0 saturated carbocycles. The van der Waals surface area contributed by atoms with Gasteiger partial charge in [-0.25, -0.2) is 0 Å². The van der Waals surface area contributed by atoms with Crippen LogP contribution in [-0.2, 0) is 5.41 Å². The summed E-state index contributed by atoms with van der Waals surface area (Å²) in [6.45, 7) is 11.7. The van der Waals surface area contributed by atoms with Crippen LogP contribution in [0.1, 0.15) is 65.2 Å². The molecule has 1 aliphatic heterocycles. The molecule has 168 valence electrons. The van der Waals surface area contributed by atoms with Gasteiger partial charge in [0.05, 0.1) is 17.0 Å². The molecule has 2 heterocycles. The Morgan fingerprint density at radius 1 is 1.00 bits per heavy atom. The van der Waals surface area contributed by atoms with Gasteiger partial charge in [-0.2, -0.15) is 0 Å². The zero-order chi connectivity index (χ0) is 23.4. The highest BCUT2D eigenvalue weighted by Crippen LogP contribution is 2.39. The second kappa shape index (κ2) is 7.89. The number of aryl methyl sites for hydroxylation is 2. The molecule has 1 amide bonds. The van der Waals surface area contributed by atoms with Crippen LogP contribution in [0.5, 0.6) is 0 Å². The number of amides is 1. The second-order valence-corrected chi connectivity index (χ2v) is 10.2. The Hall–Kier alpha value is -2.92. The minimum Gasteiger partial charge on any atom is -0.450 e. The van der Waals surface area contributed by atoms with Crippen molar-refractivity contribution in [2.45, 2.75) is 46.1 Å². The molecule has 0 spiro atoms. The Labute approximate surface area is 189 Å². The topological polar surface area (TPSA) is 53.8 Å². The normalized spacial score (nSPS) is 16.3. The first kappa shape index (κ1) is 22.3. The van der Waals surface area contributed by atoms with E-state index in [4.69, 9.17) is 4.42 Å². The van der Waals surface area contributed by atoms with E-state index in [1.807, 2.05) is 57.1 Å². The van der Waals surface area contributed by atoms with E-state index in [1.54, 1.807) is 4.90 Å². The molecular formula is C27H32N2O3. The minimum atomic E-state index is -0.450. The Morgan fingerprint density at radius 2 is 1.62 bits per heavy atom. The minimum absolute atomic E-state index is 0.0250. The van der Waals surface area contributed by atoms with Gasteiger partial charge in [0.1, 0.15) is 5.58 Å². The van der Waals surface area contributed by atoms with E-state index >= 15 is 0 Å². The molecular weight excluding hydrogens is 400 g/mol. The number of nitrogens with zero attached hydrogens (tertiary/aromatic N) is 2. The van der Waals surface area contributed by atoms with Crippen molar-refractivity contribution in [3.63, 3.8) is 0 Å². The highest BCUT2D eigenvalue weighted by atomic mass is 16.3. The van der Waals surface area contributed by atoms with Gasteiger partial charge in [0.15, 0.2) is 5.43 Å². The molecule has 0 radical (unpaired) electrons. The summed E-state index contributed by atoms with van der Waals surface area (Å²) >= 11 is 0. The summed E-state index contributed by atoms with van der Waals surface area (Å²) < 4.78 is 6.10. The van der Waals surface area contributed by atoms with Crippen molar-refractivity contribution in [2.24, 2.45) is 0 Å². The summed E-state index contributed by atoms with van der Waals surface area (Å²) in [4.78, 5) is 30.9. The number of carbonyl (C=O) groups is 1. The van der Waals surface area contributed by atoms with E-state index < -0.39 is 6.04 Å². The predicted octanol–water partition coefficient (Wildman–Crippen LogP) is 4.81. The van der Waals surface area contributed by atoms with Crippen LogP contribution in [0.4, 0.5) is 0 Å². The first-order chi connectivity index (χ1) is 15.0. The molecule has 5 nitrogen and oxygen atoms in total. The van der Waals surface area contributed by atoms with Gasteiger partial charge in [0, 0.05) is 13.1 Å². The first-order valence-electron chi connectivity index (χ1n) is 11.1. The van der Waals surface area contributed by atoms with Crippen molar-refractivity contribution in [3.8, 4) is 0 Å². The number of hydrogen-bond acceptors (Lipinski definition) is 4. The van der Waals surface area contributed by atoms with E-state index in [2.05, 4.69) is 32.9 Å². The lowest BCUT2D eigenvalue weighted by atomic mass is 9.86. The Bertz CT molecular complexity index is 1250. The summed E-state index contributed by atoms with van der Waals surface area (Å²) in [6, 6.07) is 11.6. The van der Waals surface area contributed by atoms with E-state index in [-0.39, 0.29) is 22.5 Å². The maximum Gasteiger partial charge on any atom is 0.290 e. The van der Waals surface area contributed by atoms with Gasteiger partial charge in [-0.05, 0) is 67.7 Å². The van der Waals surface area contributed by atoms with E-state index in [0.29, 0.717) is 29.6 Å². The van der Waals surface area contributed by atoms with E-state index in [1.165, 1.54) is 5.56 Å². The van der Waals surface area contributed by atoms with Crippen molar-refractivity contribution in [1.82, 2.24) is 9.80 Å². The number of fused-ring (bicyclic) bond motifs is 2. The lowest BCUT2D eigenvalue weighted by Crippen LogP contribution is -2.35. The fourth-order valence-electron chi connectivity index (χ4n) is 4.33. The molecule has 0 N–H and O–H groups in total. The number of rotatable bonds is 4. The lowest BCUT2D eigenvalue weighted by Gasteiger charge is -2.27. The van der Waals surface area contributed by atoms with E-state index in [0.717, 1.165) is 16.7 Å². The zero-order valence-corrected chi connectivity index (χ0v) is 20.1. The highest BCUT2D eigenvalue weighted by molar-refractivity contribution is 5.99. The summed E-state index contributed by atoms with van der Waals surface area (Å²) in [7, 11) is 3.95. The van der Waals surface area contributed by atoms with Crippen molar-refractivity contribution >= 4 is 16.9 Å². The molecule has 2 aromatic carbocycles. The number of carbonyl (C=O) groups excluding carboxylic acids is 1. The van der Waals surface area contributed by atoms with Crippen molar-refractivity contribution in [3.05, 3.63) is 80.2 Å². The molecule has 0 aliphatic carbocycles. The largest absolute Gasteiger partial charge is 0.450 e. The Balaban J connectivity index is 1.92. The van der Waals surface area contributed by atoms with Gasteiger partial charge in [-0.15, -0.1) is 0 Å². The van der Waals surface area contributed by atoms with Gasteiger partial charge in [0.25, 0.3) is 5.91 Å². The molecule has 1 aliphatic rings. The quantitative estimate of drug-likeness (QED) is 0.593. The molecule has 32 heavy (non-hydrogen) atoms. The standard InChI is InChI=1S/C27H32N2O3/c1-16-14-20-21(15-17(16)2)32-25-22(24(20)30)23(29(26(25)31)13-12-28(6)7)18-8-10-19(11-9-18)27(3,4)5/h8-11,14-15,23H,12-13H2,1-7H3. The summed E-state index contributed by atoms with van der Waals surface area (Å²) in [6.07, 6.45) is 0. The highest BCUT2D eigenvalue weighted by Gasteiger charge is 2.42. The molecule has 4 rings (SSSR count). The fourth-order valence-corrected chi connectivity index (χ4v) is 4.33. The number of benzene rings is 2. The monoisotopic (exact) mass is 432 g/mol. The average molecular weight is 433 g/mol. The van der Waals surface area contributed by atoms with Gasteiger partial charge >= 0.3 is 0 Å². The average Bonchev–Trinajstić information content (AvgIpc) is 2.99. The summed E-state index contributed by atoms with van der Waals surface area (Å²) in [5.41, 5.74) is 5.04. The SMILES string of the molecule is Cc1cc2oc3c(c(=O)c2cc1C)C(c1ccc(C(C)(C)C)cc1)N(CCN(C)C)C3=O. The lowest BCUT2D eigenvalue weighted by molar-refractivity contribution is 0.0716. The summed E-state index contributed by atoms with van der Waals surface area (Å²) in [5.74, 6) is -0.0432. The summed E-state index contributed by atoms with van der Waals surface area (Å²) in [5, 5.41) is 0.533. The van der Waals surface area contributed by atoms with Gasteiger partial charge in [-0.1, -0.05) is 45.0 Å². The van der Waals surface area contributed by atoms with Crippen molar-refractivity contribution in [2.75, 3.05) is 27.2 Å². The van der Waals surface area contributed by atoms with Crippen molar-refractivity contribution in [1.29, 1.82) is 0 Å².